The van der Waals surface area contributed by atoms with E-state index in [0.29, 0.717) is 11.6 Å². The number of benzene rings is 1. The van der Waals surface area contributed by atoms with Crippen molar-refractivity contribution < 1.29 is 4.79 Å². The van der Waals surface area contributed by atoms with Crippen LogP contribution in [0.5, 0.6) is 0 Å². The van der Waals surface area contributed by atoms with Crippen molar-refractivity contribution in [2.24, 2.45) is 0 Å². The van der Waals surface area contributed by atoms with E-state index in [2.05, 4.69) is 31.1 Å². The molecule has 0 saturated carbocycles. The standard InChI is InChI=1S/C12H14N2O/c1-7(2)9-5-4-6-10-8(3)13-12(15)14-11(9)10/h4-7H,3H2,1-2H3,(H2,13,14,15). The van der Waals surface area contributed by atoms with Crippen molar-refractivity contribution >= 4 is 17.4 Å². The van der Waals surface area contributed by atoms with Gasteiger partial charge in [0.15, 0.2) is 0 Å². The zero-order chi connectivity index (χ0) is 11.0. The molecule has 1 aromatic rings. The summed E-state index contributed by atoms with van der Waals surface area (Å²) in [6, 6.07) is 5.76. The SMILES string of the molecule is C=C1NC(=O)Nc2c1cccc2C(C)C. The second-order valence-corrected chi connectivity index (χ2v) is 3.98. The number of fused-ring (bicyclic) bond motifs is 1. The molecule has 15 heavy (non-hydrogen) atoms. The molecule has 2 amide bonds. The number of amides is 2. The predicted octanol–water partition coefficient (Wildman–Crippen LogP) is 2.92. The molecular weight excluding hydrogens is 188 g/mol. The van der Waals surface area contributed by atoms with E-state index >= 15 is 0 Å². The van der Waals surface area contributed by atoms with Gasteiger partial charge in [0, 0.05) is 11.3 Å². The maximum absolute atomic E-state index is 11.3. The second-order valence-electron chi connectivity index (χ2n) is 3.98. The van der Waals surface area contributed by atoms with Crippen molar-refractivity contribution in [3.63, 3.8) is 0 Å². The van der Waals surface area contributed by atoms with E-state index in [1.54, 1.807) is 0 Å². The summed E-state index contributed by atoms with van der Waals surface area (Å²) in [5, 5.41) is 5.49. The van der Waals surface area contributed by atoms with Crippen LogP contribution in [0.1, 0.15) is 30.9 Å². The van der Waals surface area contributed by atoms with Gasteiger partial charge in [-0.25, -0.2) is 4.79 Å². The van der Waals surface area contributed by atoms with Crippen LogP contribution >= 0.6 is 0 Å². The van der Waals surface area contributed by atoms with Crippen molar-refractivity contribution in [1.82, 2.24) is 5.32 Å². The molecule has 0 radical (unpaired) electrons. The van der Waals surface area contributed by atoms with Crippen LogP contribution in [0.15, 0.2) is 24.8 Å². The maximum atomic E-state index is 11.3. The molecule has 1 aromatic carbocycles. The largest absolute Gasteiger partial charge is 0.323 e. The Labute approximate surface area is 89.2 Å². The highest BCUT2D eigenvalue weighted by atomic mass is 16.2. The van der Waals surface area contributed by atoms with E-state index in [-0.39, 0.29) is 6.03 Å². The molecule has 1 heterocycles. The fourth-order valence-corrected chi connectivity index (χ4v) is 1.79. The molecule has 2 rings (SSSR count). The lowest BCUT2D eigenvalue weighted by atomic mass is 9.96. The number of hydrogen-bond acceptors (Lipinski definition) is 1. The first kappa shape index (κ1) is 9.77. The first-order valence-corrected chi connectivity index (χ1v) is 5.00. The highest BCUT2D eigenvalue weighted by Crippen LogP contribution is 2.32. The molecular formula is C12H14N2O. The first-order valence-electron chi connectivity index (χ1n) is 5.00. The summed E-state index contributed by atoms with van der Waals surface area (Å²) in [6.45, 7) is 8.04. The van der Waals surface area contributed by atoms with Gasteiger partial charge < -0.3 is 10.6 Å². The lowest BCUT2D eigenvalue weighted by molar-refractivity contribution is 0.255. The Morgan fingerprint density at radius 3 is 2.67 bits per heavy atom. The minimum atomic E-state index is -0.208. The van der Waals surface area contributed by atoms with Crippen molar-refractivity contribution in [1.29, 1.82) is 0 Å². The van der Waals surface area contributed by atoms with Crippen molar-refractivity contribution in [2.45, 2.75) is 19.8 Å². The number of anilines is 1. The van der Waals surface area contributed by atoms with Crippen LogP contribution in [0.25, 0.3) is 5.70 Å². The molecule has 0 aromatic heterocycles. The number of carbonyl (C=O) groups is 1. The predicted molar refractivity (Wildman–Crippen MR) is 61.7 cm³/mol. The Bertz CT molecular complexity index is 435. The molecule has 3 nitrogen and oxygen atoms in total. The summed E-state index contributed by atoms with van der Waals surface area (Å²) in [7, 11) is 0. The van der Waals surface area contributed by atoms with Gasteiger partial charge in [-0.3, -0.25) is 0 Å². The van der Waals surface area contributed by atoms with Gasteiger partial charge in [0.05, 0.1) is 5.69 Å². The van der Waals surface area contributed by atoms with E-state index < -0.39 is 0 Å². The maximum Gasteiger partial charge on any atom is 0.323 e. The number of nitrogens with one attached hydrogen (secondary N) is 2. The highest BCUT2D eigenvalue weighted by Gasteiger charge is 2.20. The minimum Gasteiger partial charge on any atom is -0.308 e. The molecule has 2 N–H and O–H groups in total. The molecule has 1 aliphatic heterocycles. The fraction of sp³-hybridized carbons (Fsp3) is 0.250. The summed E-state index contributed by atoms with van der Waals surface area (Å²) in [5.74, 6) is 0.381. The van der Waals surface area contributed by atoms with Gasteiger partial charge in [0.1, 0.15) is 0 Å². The van der Waals surface area contributed by atoms with Gasteiger partial charge in [0.2, 0.25) is 0 Å². The number of urea groups is 1. The van der Waals surface area contributed by atoms with Gasteiger partial charge in [-0.05, 0) is 11.5 Å². The molecule has 78 valence electrons. The molecule has 1 aliphatic rings. The fourth-order valence-electron chi connectivity index (χ4n) is 1.79. The molecule has 0 fully saturated rings. The van der Waals surface area contributed by atoms with E-state index in [1.165, 1.54) is 0 Å². The molecule has 3 heteroatoms. The zero-order valence-corrected chi connectivity index (χ0v) is 8.92. The average molecular weight is 202 g/mol. The van der Waals surface area contributed by atoms with Crippen molar-refractivity contribution in [2.75, 3.05) is 5.32 Å². The quantitative estimate of drug-likeness (QED) is 0.722. The highest BCUT2D eigenvalue weighted by molar-refractivity contribution is 6.03. The third-order valence-corrected chi connectivity index (χ3v) is 2.55. The molecule has 0 atom stereocenters. The van der Waals surface area contributed by atoms with Crippen molar-refractivity contribution in [3.05, 3.63) is 35.9 Å². The zero-order valence-electron chi connectivity index (χ0n) is 8.92. The third kappa shape index (κ3) is 1.61. The number of para-hydroxylation sites is 1. The summed E-state index contributed by atoms with van der Waals surface area (Å²) in [4.78, 5) is 11.3. The van der Waals surface area contributed by atoms with Crippen LogP contribution in [-0.2, 0) is 0 Å². The molecule has 0 aliphatic carbocycles. The summed E-state index contributed by atoms with van der Waals surface area (Å²) < 4.78 is 0. The van der Waals surface area contributed by atoms with Crippen LogP contribution in [0.4, 0.5) is 10.5 Å². The lowest BCUT2D eigenvalue weighted by Gasteiger charge is -2.24. The molecule has 0 saturated heterocycles. The number of rotatable bonds is 1. The van der Waals surface area contributed by atoms with Gasteiger partial charge in [-0.15, -0.1) is 0 Å². The van der Waals surface area contributed by atoms with Gasteiger partial charge >= 0.3 is 6.03 Å². The number of hydrogen-bond donors (Lipinski definition) is 2. The summed E-state index contributed by atoms with van der Waals surface area (Å²) in [6.07, 6.45) is 0. The van der Waals surface area contributed by atoms with E-state index in [1.807, 2.05) is 18.2 Å². The Kier molecular flexibility index (Phi) is 2.23. The van der Waals surface area contributed by atoms with Crippen LogP contribution in [-0.4, -0.2) is 6.03 Å². The van der Waals surface area contributed by atoms with Gasteiger partial charge in [-0.2, -0.15) is 0 Å². The van der Waals surface area contributed by atoms with E-state index in [4.69, 9.17) is 0 Å². The van der Waals surface area contributed by atoms with Gasteiger partial charge in [0.25, 0.3) is 0 Å². The summed E-state index contributed by atoms with van der Waals surface area (Å²) >= 11 is 0. The van der Waals surface area contributed by atoms with Crippen LogP contribution in [0.2, 0.25) is 0 Å². The third-order valence-electron chi connectivity index (χ3n) is 2.55. The van der Waals surface area contributed by atoms with Crippen LogP contribution < -0.4 is 10.6 Å². The van der Waals surface area contributed by atoms with E-state index in [9.17, 15) is 4.79 Å². The Hall–Kier alpha value is -1.77. The van der Waals surface area contributed by atoms with Crippen LogP contribution in [0.3, 0.4) is 0 Å². The second kappa shape index (κ2) is 3.42. The topological polar surface area (TPSA) is 41.1 Å². The summed E-state index contributed by atoms with van der Waals surface area (Å²) in [5.41, 5.74) is 3.67. The molecule has 0 spiro atoms. The molecule has 0 bridgehead atoms. The Morgan fingerprint density at radius 1 is 1.27 bits per heavy atom. The van der Waals surface area contributed by atoms with Gasteiger partial charge in [-0.1, -0.05) is 38.6 Å². The first-order chi connectivity index (χ1) is 7.09. The van der Waals surface area contributed by atoms with Crippen molar-refractivity contribution in [3.8, 4) is 0 Å². The molecule has 0 unspecified atom stereocenters. The normalized spacial score (nSPS) is 14.6. The average Bonchev–Trinajstić information content (AvgIpc) is 2.16. The Morgan fingerprint density at radius 2 is 2.00 bits per heavy atom. The lowest BCUT2D eigenvalue weighted by Crippen LogP contribution is -2.32. The smallest absolute Gasteiger partial charge is 0.308 e. The monoisotopic (exact) mass is 202 g/mol. The van der Waals surface area contributed by atoms with Crippen LogP contribution in [0, 0.1) is 0 Å². The Balaban J connectivity index is 2.59. The number of carbonyl (C=O) groups excluding carboxylic acids is 1. The van der Waals surface area contributed by atoms with E-state index in [0.717, 1.165) is 16.8 Å². The minimum absolute atomic E-state index is 0.208.